The fraction of sp³-hybridized carbons (Fsp3) is 0.571. The number of hydrogen-bond acceptors (Lipinski definition) is 2. The van der Waals surface area contributed by atoms with E-state index in [9.17, 15) is 4.79 Å². The van der Waals surface area contributed by atoms with Crippen molar-refractivity contribution >= 4 is 21.8 Å². The summed E-state index contributed by atoms with van der Waals surface area (Å²) in [5.41, 5.74) is 1.06. The van der Waals surface area contributed by atoms with Gasteiger partial charge >= 0.3 is 0 Å². The summed E-state index contributed by atoms with van der Waals surface area (Å²) in [6.07, 6.45) is 6.10. The molecule has 98 valence electrons. The van der Waals surface area contributed by atoms with Crippen LogP contribution in [0.5, 0.6) is 0 Å². The highest BCUT2D eigenvalue weighted by Gasteiger charge is 2.27. The van der Waals surface area contributed by atoms with Crippen molar-refractivity contribution in [1.82, 2.24) is 10.3 Å². The molecule has 1 aliphatic rings. The summed E-state index contributed by atoms with van der Waals surface area (Å²) in [7, 11) is 0. The maximum atomic E-state index is 12.0. The van der Waals surface area contributed by atoms with Gasteiger partial charge in [0.05, 0.1) is 5.56 Å². The zero-order valence-electron chi connectivity index (χ0n) is 10.9. The third-order valence-corrected chi connectivity index (χ3v) is 4.13. The van der Waals surface area contributed by atoms with E-state index in [1.807, 2.05) is 0 Å². The van der Waals surface area contributed by atoms with Crippen molar-refractivity contribution in [2.24, 2.45) is 5.41 Å². The molecule has 1 heterocycles. The van der Waals surface area contributed by atoms with Gasteiger partial charge < -0.3 is 5.32 Å². The van der Waals surface area contributed by atoms with Crippen molar-refractivity contribution in [3.63, 3.8) is 0 Å². The number of nitrogens with one attached hydrogen (secondary N) is 1. The number of amides is 1. The van der Waals surface area contributed by atoms with Gasteiger partial charge in [0.2, 0.25) is 0 Å². The molecule has 3 nitrogen and oxygen atoms in total. The van der Waals surface area contributed by atoms with E-state index in [1.54, 1.807) is 18.3 Å². The van der Waals surface area contributed by atoms with Crippen molar-refractivity contribution in [3.8, 4) is 0 Å². The summed E-state index contributed by atoms with van der Waals surface area (Å²) < 4.78 is 0.749. The normalized spacial score (nSPS) is 19.5. The minimum absolute atomic E-state index is 0.0142. The van der Waals surface area contributed by atoms with Crippen LogP contribution in [0.3, 0.4) is 0 Å². The molecule has 1 saturated carbocycles. The van der Waals surface area contributed by atoms with Gasteiger partial charge in [-0.05, 0) is 59.2 Å². The number of aromatic nitrogens is 1. The zero-order chi connectivity index (χ0) is 13.2. The standard InChI is InChI=1S/C14H19BrN2O/c1-14(2)7-5-11(6-8-14)17-13(18)10-3-4-12(15)16-9-10/h3-4,9,11H,5-8H2,1-2H3,(H,17,18). The average molecular weight is 311 g/mol. The number of carbonyl (C=O) groups is 1. The molecule has 0 aliphatic heterocycles. The summed E-state index contributed by atoms with van der Waals surface area (Å²) >= 11 is 3.26. The van der Waals surface area contributed by atoms with Gasteiger partial charge in [0.1, 0.15) is 4.60 Å². The summed E-state index contributed by atoms with van der Waals surface area (Å²) in [4.78, 5) is 16.1. The molecule has 0 atom stereocenters. The van der Waals surface area contributed by atoms with E-state index in [0.717, 1.165) is 17.4 Å². The molecule has 2 rings (SSSR count). The molecule has 0 aromatic carbocycles. The Morgan fingerprint density at radius 1 is 1.39 bits per heavy atom. The lowest BCUT2D eigenvalue weighted by Crippen LogP contribution is -2.39. The molecule has 1 amide bonds. The molecule has 1 N–H and O–H groups in total. The van der Waals surface area contributed by atoms with E-state index in [2.05, 4.69) is 40.1 Å². The summed E-state index contributed by atoms with van der Waals surface area (Å²) in [6, 6.07) is 3.90. The van der Waals surface area contributed by atoms with Crippen molar-refractivity contribution in [3.05, 3.63) is 28.5 Å². The highest BCUT2D eigenvalue weighted by atomic mass is 79.9. The van der Waals surface area contributed by atoms with E-state index >= 15 is 0 Å². The number of rotatable bonds is 2. The third-order valence-electron chi connectivity index (χ3n) is 3.66. The van der Waals surface area contributed by atoms with Crippen LogP contribution in [0.2, 0.25) is 0 Å². The van der Waals surface area contributed by atoms with Gasteiger partial charge in [-0.1, -0.05) is 13.8 Å². The minimum Gasteiger partial charge on any atom is -0.349 e. The van der Waals surface area contributed by atoms with E-state index in [0.29, 0.717) is 17.0 Å². The number of carbonyl (C=O) groups excluding carboxylic acids is 1. The van der Waals surface area contributed by atoms with Gasteiger partial charge in [-0.25, -0.2) is 4.98 Å². The van der Waals surface area contributed by atoms with Gasteiger partial charge in [0.15, 0.2) is 0 Å². The first kappa shape index (κ1) is 13.5. The van der Waals surface area contributed by atoms with Gasteiger partial charge in [-0.2, -0.15) is 0 Å². The van der Waals surface area contributed by atoms with Crippen molar-refractivity contribution in [2.45, 2.75) is 45.6 Å². The lowest BCUT2D eigenvalue weighted by atomic mass is 9.75. The first-order valence-corrected chi connectivity index (χ1v) is 7.18. The molecule has 0 bridgehead atoms. The Morgan fingerprint density at radius 3 is 2.61 bits per heavy atom. The highest BCUT2D eigenvalue weighted by Crippen LogP contribution is 2.35. The molecule has 1 aliphatic carbocycles. The Bertz CT molecular complexity index is 418. The average Bonchev–Trinajstić information content (AvgIpc) is 2.33. The van der Waals surface area contributed by atoms with Gasteiger partial charge in [0.25, 0.3) is 5.91 Å². The lowest BCUT2D eigenvalue weighted by Gasteiger charge is -2.34. The molecule has 4 heteroatoms. The first-order chi connectivity index (χ1) is 8.46. The van der Waals surface area contributed by atoms with Gasteiger partial charge in [-0.3, -0.25) is 4.79 Å². The van der Waals surface area contributed by atoms with Crippen LogP contribution >= 0.6 is 15.9 Å². The Balaban J connectivity index is 1.90. The first-order valence-electron chi connectivity index (χ1n) is 6.39. The third kappa shape index (κ3) is 3.55. The van der Waals surface area contributed by atoms with Crippen molar-refractivity contribution in [2.75, 3.05) is 0 Å². The van der Waals surface area contributed by atoms with Crippen LogP contribution in [-0.2, 0) is 0 Å². The summed E-state index contributed by atoms with van der Waals surface area (Å²) in [5, 5.41) is 3.10. The predicted molar refractivity (Wildman–Crippen MR) is 75.4 cm³/mol. The maximum Gasteiger partial charge on any atom is 0.253 e. The summed E-state index contributed by atoms with van der Waals surface area (Å²) in [6.45, 7) is 4.59. The number of nitrogens with zero attached hydrogens (tertiary/aromatic N) is 1. The van der Waals surface area contributed by atoms with Crippen LogP contribution in [0.25, 0.3) is 0 Å². The molecule has 0 unspecified atom stereocenters. The van der Waals surface area contributed by atoms with Gasteiger partial charge in [-0.15, -0.1) is 0 Å². The number of hydrogen-bond donors (Lipinski definition) is 1. The maximum absolute atomic E-state index is 12.0. The van der Waals surface area contributed by atoms with E-state index < -0.39 is 0 Å². The van der Waals surface area contributed by atoms with Crippen LogP contribution in [-0.4, -0.2) is 16.9 Å². The number of pyridine rings is 1. The zero-order valence-corrected chi connectivity index (χ0v) is 12.5. The molecule has 0 radical (unpaired) electrons. The largest absolute Gasteiger partial charge is 0.349 e. The van der Waals surface area contributed by atoms with Crippen molar-refractivity contribution in [1.29, 1.82) is 0 Å². The molecule has 18 heavy (non-hydrogen) atoms. The highest BCUT2D eigenvalue weighted by molar-refractivity contribution is 9.10. The minimum atomic E-state index is -0.0142. The molecule has 0 spiro atoms. The number of halogens is 1. The lowest BCUT2D eigenvalue weighted by molar-refractivity contribution is 0.0908. The van der Waals surface area contributed by atoms with E-state index in [1.165, 1.54) is 12.8 Å². The fourth-order valence-corrected chi connectivity index (χ4v) is 2.56. The van der Waals surface area contributed by atoms with Crippen LogP contribution < -0.4 is 5.32 Å². The Labute approximate surface area is 117 Å². The monoisotopic (exact) mass is 310 g/mol. The molecule has 1 aromatic rings. The molecular formula is C14H19BrN2O. The second kappa shape index (κ2) is 5.39. The molecular weight excluding hydrogens is 292 g/mol. The van der Waals surface area contributed by atoms with Crippen molar-refractivity contribution < 1.29 is 4.79 Å². The molecule has 1 fully saturated rings. The van der Waals surface area contributed by atoms with Crippen LogP contribution in [0.4, 0.5) is 0 Å². The molecule has 1 aromatic heterocycles. The van der Waals surface area contributed by atoms with Crippen LogP contribution in [0.1, 0.15) is 49.9 Å². The van der Waals surface area contributed by atoms with E-state index in [-0.39, 0.29) is 5.91 Å². The Kier molecular flexibility index (Phi) is 4.05. The fourth-order valence-electron chi connectivity index (χ4n) is 2.32. The van der Waals surface area contributed by atoms with Gasteiger partial charge in [0, 0.05) is 12.2 Å². The Hall–Kier alpha value is -0.900. The Morgan fingerprint density at radius 2 is 2.06 bits per heavy atom. The van der Waals surface area contributed by atoms with E-state index in [4.69, 9.17) is 0 Å². The smallest absolute Gasteiger partial charge is 0.253 e. The SMILES string of the molecule is CC1(C)CCC(NC(=O)c2ccc(Br)nc2)CC1. The quantitative estimate of drug-likeness (QED) is 0.849. The summed E-state index contributed by atoms with van der Waals surface area (Å²) in [5.74, 6) is -0.0142. The van der Waals surface area contributed by atoms with Crippen LogP contribution in [0, 0.1) is 5.41 Å². The molecule has 0 saturated heterocycles. The topological polar surface area (TPSA) is 42.0 Å². The second-order valence-corrected chi connectivity index (χ2v) is 6.59. The second-order valence-electron chi connectivity index (χ2n) is 5.78. The van der Waals surface area contributed by atoms with Crippen LogP contribution in [0.15, 0.2) is 22.9 Å². The predicted octanol–water partition coefficient (Wildman–Crippen LogP) is 3.54.